The van der Waals surface area contributed by atoms with Crippen LogP contribution in [0.1, 0.15) is 12.0 Å². The van der Waals surface area contributed by atoms with Crippen LogP contribution in [0.25, 0.3) is 11.3 Å². The summed E-state index contributed by atoms with van der Waals surface area (Å²) in [4.78, 5) is 11.4. The second-order valence-electron chi connectivity index (χ2n) is 4.59. The van der Waals surface area contributed by atoms with E-state index in [-0.39, 0.29) is 5.91 Å². The lowest BCUT2D eigenvalue weighted by molar-refractivity contribution is -0.116. The summed E-state index contributed by atoms with van der Waals surface area (Å²) in [6.07, 6.45) is 0.471. The number of fused-ring (bicyclic) bond motifs is 1. The Labute approximate surface area is 111 Å². The number of ether oxygens (including phenoxy) is 1. The Morgan fingerprint density at radius 2 is 2.26 bits per heavy atom. The van der Waals surface area contributed by atoms with Crippen molar-refractivity contribution in [3.63, 3.8) is 0 Å². The maximum Gasteiger partial charge on any atom is 0.227 e. The topological polar surface area (TPSA) is 56.2 Å². The lowest BCUT2D eigenvalue weighted by Crippen LogP contribution is -2.23. The van der Waals surface area contributed by atoms with Crippen molar-refractivity contribution < 1.29 is 9.53 Å². The molecule has 0 bridgehead atoms. The first-order chi connectivity index (χ1) is 9.19. The normalized spacial score (nSPS) is 13.9. The molecule has 0 unspecified atom stereocenters. The monoisotopic (exact) mass is 257 g/mol. The third-order valence-corrected chi connectivity index (χ3v) is 3.31. The first kappa shape index (κ1) is 11.8. The molecular weight excluding hydrogens is 242 g/mol. The quantitative estimate of drug-likeness (QED) is 0.897. The highest BCUT2D eigenvalue weighted by atomic mass is 16.5. The molecule has 1 aromatic carbocycles. The fourth-order valence-corrected chi connectivity index (χ4v) is 2.36. The van der Waals surface area contributed by atoms with Crippen LogP contribution in [0.2, 0.25) is 0 Å². The summed E-state index contributed by atoms with van der Waals surface area (Å²) in [7, 11) is 1.65. The van der Waals surface area contributed by atoms with Gasteiger partial charge in [0.2, 0.25) is 5.91 Å². The van der Waals surface area contributed by atoms with Crippen molar-refractivity contribution in [2.45, 2.75) is 19.9 Å². The number of amides is 1. The van der Waals surface area contributed by atoms with Crippen molar-refractivity contribution in [1.29, 1.82) is 0 Å². The van der Waals surface area contributed by atoms with Crippen molar-refractivity contribution in [2.24, 2.45) is 0 Å². The second kappa shape index (κ2) is 4.42. The SMILES string of the molecule is COc1cccc(C)c1-c1cc2n(n1)CCC(=O)N2. The Kier molecular flexibility index (Phi) is 2.74. The molecule has 98 valence electrons. The number of hydrogen-bond donors (Lipinski definition) is 1. The molecule has 1 aliphatic rings. The van der Waals surface area contributed by atoms with Gasteiger partial charge in [-0.1, -0.05) is 12.1 Å². The first-order valence-corrected chi connectivity index (χ1v) is 6.20. The van der Waals surface area contributed by atoms with Gasteiger partial charge in [0.1, 0.15) is 11.6 Å². The summed E-state index contributed by atoms with van der Waals surface area (Å²) in [6, 6.07) is 7.78. The van der Waals surface area contributed by atoms with Gasteiger partial charge in [0.05, 0.1) is 19.3 Å². The van der Waals surface area contributed by atoms with Gasteiger partial charge in [-0.2, -0.15) is 5.10 Å². The number of carbonyl (C=O) groups excluding carboxylic acids is 1. The molecule has 0 saturated carbocycles. The van der Waals surface area contributed by atoms with E-state index < -0.39 is 0 Å². The lowest BCUT2D eigenvalue weighted by atomic mass is 10.0. The molecule has 1 N–H and O–H groups in total. The van der Waals surface area contributed by atoms with Crippen LogP contribution in [0.15, 0.2) is 24.3 Å². The van der Waals surface area contributed by atoms with E-state index in [4.69, 9.17) is 4.74 Å². The fraction of sp³-hybridized carbons (Fsp3) is 0.286. The van der Waals surface area contributed by atoms with Gasteiger partial charge in [0.15, 0.2) is 0 Å². The third-order valence-electron chi connectivity index (χ3n) is 3.31. The van der Waals surface area contributed by atoms with E-state index in [1.807, 2.05) is 35.9 Å². The largest absolute Gasteiger partial charge is 0.496 e. The number of methoxy groups -OCH3 is 1. The Balaban J connectivity index is 2.11. The predicted octanol–water partition coefficient (Wildman–Crippen LogP) is 2.21. The Bertz CT molecular complexity index is 646. The zero-order chi connectivity index (χ0) is 13.4. The van der Waals surface area contributed by atoms with Gasteiger partial charge in [0.25, 0.3) is 0 Å². The number of aryl methyl sites for hydroxylation is 2. The van der Waals surface area contributed by atoms with Gasteiger partial charge in [0, 0.05) is 18.1 Å². The number of aromatic nitrogens is 2. The number of anilines is 1. The van der Waals surface area contributed by atoms with Crippen LogP contribution in [-0.2, 0) is 11.3 Å². The zero-order valence-electron chi connectivity index (χ0n) is 10.9. The van der Waals surface area contributed by atoms with Crippen molar-refractivity contribution in [3.05, 3.63) is 29.8 Å². The molecular formula is C14H15N3O2. The van der Waals surface area contributed by atoms with Gasteiger partial charge in [-0.25, -0.2) is 4.68 Å². The first-order valence-electron chi connectivity index (χ1n) is 6.20. The van der Waals surface area contributed by atoms with E-state index in [0.717, 1.165) is 28.4 Å². The second-order valence-corrected chi connectivity index (χ2v) is 4.59. The minimum absolute atomic E-state index is 0.0377. The smallest absolute Gasteiger partial charge is 0.227 e. The number of hydrogen-bond acceptors (Lipinski definition) is 3. The number of rotatable bonds is 2. The van der Waals surface area contributed by atoms with Crippen molar-refractivity contribution >= 4 is 11.7 Å². The summed E-state index contributed by atoms with van der Waals surface area (Å²) in [5, 5.41) is 7.37. The third kappa shape index (κ3) is 1.97. The van der Waals surface area contributed by atoms with E-state index >= 15 is 0 Å². The highest BCUT2D eigenvalue weighted by Gasteiger charge is 2.19. The average Bonchev–Trinajstić information content (AvgIpc) is 2.80. The number of carbonyl (C=O) groups is 1. The molecule has 2 heterocycles. The standard InChI is InChI=1S/C14H15N3O2/c1-9-4-3-5-11(19-2)14(9)10-8-12-15-13(18)6-7-17(12)16-10/h3-5,8H,6-7H2,1-2H3,(H,15,18). The van der Waals surface area contributed by atoms with E-state index in [0.29, 0.717) is 13.0 Å². The Morgan fingerprint density at radius 1 is 1.42 bits per heavy atom. The molecule has 1 aliphatic heterocycles. The van der Waals surface area contributed by atoms with Crippen LogP contribution < -0.4 is 10.1 Å². The van der Waals surface area contributed by atoms with Gasteiger partial charge in [-0.05, 0) is 18.6 Å². The molecule has 5 nitrogen and oxygen atoms in total. The molecule has 0 atom stereocenters. The maximum absolute atomic E-state index is 11.4. The Hall–Kier alpha value is -2.30. The predicted molar refractivity (Wildman–Crippen MR) is 72.2 cm³/mol. The molecule has 19 heavy (non-hydrogen) atoms. The summed E-state index contributed by atoms with van der Waals surface area (Å²) < 4.78 is 7.22. The highest BCUT2D eigenvalue weighted by molar-refractivity contribution is 5.92. The summed E-state index contributed by atoms with van der Waals surface area (Å²) in [6.45, 7) is 2.64. The molecule has 0 fully saturated rings. The van der Waals surface area contributed by atoms with Crippen LogP contribution in [0.4, 0.5) is 5.82 Å². The number of benzene rings is 1. The van der Waals surface area contributed by atoms with E-state index in [9.17, 15) is 4.79 Å². The minimum atomic E-state index is 0.0377. The molecule has 1 amide bonds. The van der Waals surface area contributed by atoms with Crippen LogP contribution in [0, 0.1) is 6.92 Å². The molecule has 0 radical (unpaired) electrons. The summed E-state index contributed by atoms with van der Waals surface area (Å²) in [5.74, 6) is 1.58. The van der Waals surface area contributed by atoms with Gasteiger partial charge in [-0.3, -0.25) is 4.79 Å². The molecule has 2 aromatic rings. The van der Waals surface area contributed by atoms with E-state index in [1.54, 1.807) is 7.11 Å². The lowest BCUT2D eigenvalue weighted by Gasteiger charge is -2.13. The Morgan fingerprint density at radius 3 is 3.05 bits per heavy atom. The molecule has 3 rings (SSSR count). The fourth-order valence-electron chi connectivity index (χ4n) is 2.36. The molecule has 0 saturated heterocycles. The molecule has 0 aliphatic carbocycles. The van der Waals surface area contributed by atoms with Crippen LogP contribution in [0.5, 0.6) is 5.75 Å². The van der Waals surface area contributed by atoms with E-state index in [2.05, 4.69) is 10.4 Å². The average molecular weight is 257 g/mol. The van der Waals surface area contributed by atoms with Gasteiger partial charge in [-0.15, -0.1) is 0 Å². The number of nitrogens with one attached hydrogen (secondary N) is 1. The van der Waals surface area contributed by atoms with Gasteiger partial charge >= 0.3 is 0 Å². The number of nitrogens with zero attached hydrogens (tertiary/aromatic N) is 2. The summed E-state index contributed by atoms with van der Waals surface area (Å²) in [5.41, 5.74) is 2.90. The molecule has 5 heteroatoms. The van der Waals surface area contributed by atoms with Crippen molar-refractivity contribution in [2.75, 3.05) is 12.4 Å². The van der Waals surface area contributed by atoms with Crippen LogP contribution >= 0.6 is 0 Å². The van der Waals surface area contributed by atoms with Crippen LogP contribution in [-0.4, -0.2) is 22.8 Å². The van der Waals surface area contributed by atoms with Crippen molar-refractivity contribution in [3.8, 4) is 17.0 Å². The van der Waals surface area contributed by atoms with Gasteiger partial charge < -0.3 is 10.1 Å². The molecule has 1 aromatic heterocycles. The highest BCUT2D eigenvalue weighted by Crippen LogP contribution is 2.34. The van der Waals surface area contributed by atoms with Crippen LogP contribution in [0.3, 0.4) is 0 Å². The zero-order valence-corrected chi connectivity index (χ0v) is 10.9. The summed E-state index contributed by atoms with van der Waals surface area (Å²) >= 11 is 0. The van der Waals surface area contributed by atoms with Crippen molar-refractivity contribution in [1.82, 2.24) is 9.78 Å². The van der Waals surface area contributed by atoms with E-state index in [1.165, 1.54) is 0 Å². The minimum Gasteiger partial charge on any atom is -0.496 e. The maximum atomic E-state index is 11.4. The molecule has 0 spiro atoms.